The Balaban J connectivity index is 2.55. The number of rotatable bonds is 2. The van der Waals surface area contributed by atoms with Gasteiger partial charge in [0.25, 0.3) is 0 Å². The van der Waals surface area contributed by atoms with E-state index in [1.54, 1.807) is 30.3 Å². The number of halogens is 2. The fourth-order valence-electron chi connectivity index (χ4n) is 1.66. The molecule has 0 saturated carbocycles. The van der Waals surface area contributed by atoms with Crippen LogP contribution in [0.15, 0.2) is 36.4 Å². The van der Waals surface area contributed by atoms with E-state index in [2.05, 4.69) is 0 Å². The molecular formula is C14H10Cl2O2. The predicted molar refractivity (Wildman–Crippen MR) is 72.7 cm³/mol. The third-order valence-corrected chi connectivity index (χ3v) is 3.41. The van der Waals surface area contributed by atoms with Crippen molar-refractivity contribution in [2.45, 2.75) is 6.92 Å². The Morgan fingerprint density at radius 1 is 1.11 bits per heavy atom. The fraction of sp³-hybridized carbons (Fsp3) is 0.0714. The Labute approximate surface area is 115 Å². The van der Waals surface area contributed by atoms with Crippen molar-refractivity contribution in [3.63, 3.8) is 0 Å². The minimum absolute atomic E-state index is 0.0679. The minimum atomic E-state index is -0.344. The molecule has 2 nitrogen and oxygen atoms in total. The number of benzene rings is 2. The van der Waals surface area contributed by atoms with Crippen LogP contribution in [-0.2, 0) is 0 Å². The highest BCUT2D eigenvalue weighted by molar-refractivity contribution is 6.44. The van der Waals surface area contributed by atoms with Gasteiger partial charge in [0.05, 0.1) is 15.6 Å². The van der Waals surface area contributed by atoms with E-state index in [1.165, 1.54) is 6.07 Å². The van der Waals surface area contributed by atoms with Crippen LogP contribution < -0.4 is 0 Å². The van der Waals surface area contributed by atoms with Crippen LogP contribution in [0, 0.1) is 6.92 Å². The summed E-state index contributed by atoms with van der Waals surface area (Å²) < 4.78 is 0. The maximum Gasteiger partial charge on any atom is 0.198 e. The lowest BCUT2D eigenvalue weighted by molar-refractivity contribution is 0.103. The van der Waals surface area contributed by atoms with Crippen molar-refractivity contribution in [1.82, 2.24) is 0 Å². The second-order valence-corrected chi connectivity index (χ2v) is 4.74. The van der Waals surface area contributed by atoms with Gasteiger partial charge >= 0.3 is 0 Å². The van der Waals surface area contributed by atoms with Gasteiger partial charge in [-0.25, -0.2) is 0 Å². The number of carbonyl (C=O) groups is 1. The van der Waals surface area contributed by atoms with Crippen LogP contribution in [0.2, 0.25) is 10.0 Å². The van der Waals surface area contributed by atoms with Gasteiger partial charge in [-0.3, -0.25) is 4.79 Å². The summed E-state index contributed by atoms with van der Waals surface area (Å²) in [6.07, 6.45) is 0. The van der Waals surface area contributed by atoms with Crippen LogP contribution in [0.5, 0.6) is 5.75 Å². The Kier molecular flexibility index (Phi) is 3.60. The first-order valence-electron chi connectivity index (χ1n) is 5.29. The summed E-state index contributed by atoms with van der Waals surface area (Å²) >= 11 is 11.9. The van der Waals surface area contributed by atoms with E-state index in [0.29, 0.717) is 5.02 Å². The second kappa shape index (κ2) is 5.01. The monoisotopic (exact) mass is 280 g/mol. The zero-order valence-corrected chi connectivity index (χ0v) is 11.1. The van der Waals surface area contributed by atoms with Crippen LogP contribution in [0.25, 0.3) is 0 Å². The first-order valence-corrected chi connectivity index (χ1v) is 6.04. The van der Waals surface area contributed by atoms with Crippen LogP contribution >= 0.6 is 23.2 Å². The maximum atomic E-state index is 12.3. The molecule has 2 rings (SSSR count). The first kappa shape index (κ1) is 12.9. The predicted octanol–water partition coefficient (Wildman–Crippen LogP) is 4.24. The normalized spacial score (nSPS) is 10.4. The van der Waals surface area contributed by atoms with E-state index in [1.807, 2.05) is 6.92 Å². The molecule has 0 bridgehead atoms. The number of phenolic OH excluding ortho intramolecular Hbond substituents is 1. The summed E-state index contributed by atoms with van der Waals surface area (Å²) in [5.74, 6) is -0.412. The zero-order chi connectivity index (χ0) is 13.3. The number of hydrogen-bond donors (Lipinski definition) is 1. The minimum Gasteiger partial charge on any atom is -0.507 e. The van der Waals surface area contributed by atoms with E-state index < -0.39 is 0 Å². The lowest BCUT2D eigenvalue weighted by Gasteiger charge is -2.07. The molecule has 0 atom stereocenters. The lowest BCUT2D eigenvalue weighted by Crippen LogP contribution is -2.03. The Bertz CT molecular complexity index is 617. The molecule has 0 spiro atoms. The molecule has 0 saturated heterocycles. The molecule has 2 aromatic rings. The molecule has 0 heterocycles. The van der Waals surface area contributed by atoms with Gasteiger partial charge in [0.2, 0.25) is 0 Å². The van der Waals surface area contributed by atoms with Crippen molar-refractivity contribution in [2.75, 3.05) is 0 Å². The molecule has 0 aromatic heterocycles. The second-order valence-electron chi connectivity index (χ2n) is 3.95. The molecule has 0 unspecified atom stereocenters. The Morgan fingerprint density at radius 2 is 1.83 bits per heavy atom. The maximum absolute atomic E-state index is 12.3. The van der Waals surface area contributed by atoms with Crippen molar-refractivity contribution in [3.05, 3.63) is 63.1 Å². The molecular weight excluding hydrogens is 271 g/mol. The molecule has 0 radical (unpaired) electrons. The summed E-state index contributed by atoms with van der Waals surface area (Å²) in [7, 11) is 0. The number of aryl methyl sites for hydroxylation is 1. The molecule has 0 fully saturated rings. The summed E-state index contributed by atoms with van der Waals surface area (Å²) in [6.45, 7) is 1.84. The van der Waals surface area contributed by atoms with Gasteiger partial charge in [0, 0.05) is 5.56 Å². The fourth-order valence-corrected chi connectivity index (χ4v) is 2.04. The standard InChI is InChI=1S/C14H10Cl2O2/c1-8-5-6-12(17)10(7-8)14(18)9-3-2-4-11(15)13(9)16/h2-7,17H,1H3. The third kappa shape index (κ3) is 2.35. The van der Waals surface area contributed by atoms with Crippen LogP contribution in [0.4, 0.5) is 0 Å². The molecule has 92 valence electrons. The molecule has 0 aliphatic carbocycles. The van der Waals surface area contributed by atoms with Gasteiger partial charge < -0.3 is 5.11 Å². The van der Waals surface area contributed by atoms with E-state index >= 15 is 0 Å². The first-order chi connectivity index (χ1) is 8.50. The summed E-state index contributed by atoms with van der Waals surface area (Å²) in [4.78, 5) is 12.3. The molecule has 0 aliphatic rings. The van der Waals surface area contributed by atoms with E-state index in [-0.39, 0.29) is 27.7 Å². The molecule has 0 amide bonds. The number of hydrogen-bond acceptors (Lipinski definition) is 2. The molecule has 2 aromatic carbocycles. The smallest absolute Gasteiger partial charge is 0.198 e. The highest BCUT2D eigenvalue weighted by atomic mass is 35.5. The molecule has 1 N–H and O–H groups in total. The van der Waals surface area contributed by atoms with E-state index in [0.717, 1.165) is 5.56 Å². The quantitative estimate of drug-likeness (QED) is 0.836. The molecule has 4 heteroatoms. The van der Waals surface area contributed by atoms with Gasteiger partial charge in [0.1, 0.15) is 5.75 Å². The van der Waals surface area contributed by atoms with Gasteiger partial charge in [-0.2, -0.15) is 0 Å². The number of aromatic hydroxyl groups is 1. The number of carbonyl (C=O) groups excluding carboxylic acids is 1. The van der Waals surface area contributed by atoms with Crippen molar-refractivity contribution in [3.8, 4) is 5.75 Å². The third-order valence-electron chi connectivity index (χ3n) is 2.59. The average molecular weight is 281 g/mol. The topological polar surface area (TPSA) is 37.3 Å². The largest absolute Gasteiger partial charge is 0.507 e. The van der Waals surface area contributed by atoms with Crippen molar-refractivity contribution < 1.29 is 9.90 Å². The molecule has 18 heavy (non-hydrogen) atoms. The van der Waals surface area contributed by atoms with Crippen LogP contribution in [0.3, 0.4) is 0 Å². The summed E-state index contributed by atoms with van der Waals surface area (Å²) in [6, 6.07) is 9.67. The summed E-state index contributed by atoms with van der Waals surface area (Å²) in [5, 5.41) is 10.2. The van der Waals surface area contributed by atoms with E-state index in [4.69, 9.17) is 23.2 Å². The van der Waals surface area contributed by atoms with Gasteiger partial charge in [0.15, 0.2) is 5.78 Å². The zero-order valence-electron chi connectivity index (χ0n) is 9.58. The average Bonchev–Trinajstić information content (AvgIpc) is 2.35. The lowest BCUT2D eigenvalue weighted by atomic mass is 10.0. The van der Waals surface area contributed by atoms with Crippen molar-refractivity contribution in [1.29, 1.82) is 0 Å². The Hall–Kier alpha value is -1.51. The van der Waals surface area contributed by atoms with Gasteiger partial charge in [-0.1, -0.05) is 40.9 Å². The SMILES string of the molecule is Cc1ccc(O)c(C(=O)c2cccc(Cl)c2Cl)c1. The highest BCUT2D eigenvalue weighted by Gasteiger charge is 2.17. The number of ketones is 1. The Morgan fingerprint density at radius 3 is 2.56 bits per heavy atom. The van der Waals surface area contributed by atoms with E-state index in [9.17, 15) is 9.90 Å². The van der Waals surface area contributed by atoms with Gasteiger partial charge in [-0.05, 0) is 31.2 Å². The van der Waals surface area contributed by atoms with Crippen LogP contribution in [-0.4, -0.2) is 10.9 Å². The van der Waals surface area contributed by atoms with Gasteiger partial charge in [-0.15, -0.1) is 0 Å². The summed E-state index contributed by atoms with van der Waals surface area (Å²) in [5.41, 5.74) is 1.39. The number of phenols is 1. The highest BCUT2D eigenvalue weighted by Crippen LogP contribution is 2.29. The van der Waals surface area contributed by atoms with Crippen molar-refractivity contribution >= 4 is 29.0 Å². The van der Waals surface area contributed by atoms with Crippen molar-refractivity contribution in [2.24, 2.45) is 0 Å². The molecule has 0 aliphatic heterocycles. The van der Waals surface area contributed by atoms with Crippen LogP contribution in [0.1, 0.15) is 21.5 Å².